The first-order valence-electron chi connectivity index (χ1n) is 15.8. The molecule has 1 atom stereocenters. The molecule has 0 saturated carbocycles. The van der Waals surface area contributed by atoms with Crippen LogP contribution in [0.3, 0.4) is 0 Å². The van der Waals surface area contributed by atoms with Crippen molar-refractivity contribution >= 4 is 34.8 Å². The van der Waals surface area contributed by atoms with Gasteiger partial charge in [-0.15, -0.1) is 0 Å². The van der Waals surface area contributed by atoms with Crippen LogP contribution in [0.25, 0.3) is 0 Å². The number of rotatable bonds is 13. The molecule has 0 heterocycles. The Labute approximate surface area is 283 Å². The standard InChI is InChI=1S/C36H42ClF5N2O4/c1-9-18(10-2)32(48-25-14-13-19(35(5,6)11-3)15-20(25)36(7,8)12-4)34(47)43-22-17-24(45)23(16-21(22)37)44-33(46)26-27(38)29(40)31(42)30(41)28(26)39/h13-18,32,45H,9-12H2,1-8H3,(H,43,47)(H,44,46). The summed E-state index contributed by atoms with van der Waals surface area (Å²) in [5.41, 5.74) is -0.605. The van der Waals surface area contributed by atoms with Gasteiger partial charge in [0.15, 0.2) is 29.4 Å². The zero-order valence-corrected chi connectivity index (χ0v) is 29.1. The molecule has 0 bridgehead atoms. The lowest BCUT2D eigenvalue weighted by atomic mass is 9.76. The summed E-state index contributed by atoms with van der Waals surface area (Å²) in [6.07, 6.45) is 1.95. The van der Waals surface area contributed by atoms with Crippen LogP contribution in [0, 0.1) is 35.0 Å². The molecule has 0 fully saturated rings. The maximum absolute atomic E-state index is 14.2. The van der Waals surface area contributed by atoms with Gasteiger partial charge in [0.25, 0.3) is 11.8 Å². The molecule has 1 unspecified atom stereocenters. The quantitative estimate of drug-likeness (QED) is 0.0718. The minimum absolute atomic E-state index is 0.0814. The smallest absolute Gasteiger partial charge is 0.265 e. The zero-order valence-electron chi connectivity index (χ0n) is 28.3. The number of halogens is 6. The van der Waals surface area contributed by atoms with Crippen LogP contribution in [0.4, 0.5) is 33.3 Å². The largest absolute Gasteiger partial charge is 0.506 e. The third-order valence-corrected chi connectivity index (χ3v) is 9.59. The molecular formula is C36H42ClF5N2O4. The molecule has 48 heavy (non-hydrogen) atoms. The summed E-state index contributed by atoms with van der Waals surface area (Å²) in [6.45, 7) is 16.6. The third-order valence-electron chi connectivity index (χ3n) is 9.28. The van der Waals surface area contributed by atoms with Crippen LogP contribution >= 0.6 is 11.6 Å². The lowest BCUT2D eigenvalue weighted by Gasteiger charge is -2.33. The van der Waals surface area contributed by atoms with E-state index < -0.39 is 64.0 Å². The molecule has 12 heteroatoms. The molecule has 0 saturated heterocycles. The maximum atomic E-state index is 14.2. The first-order chi connectivity index (χ1) is 22.3. The molecule has 0 aliphatic carbocycles. The average molecular weight is 697 g/mol. The van der Waals surface area contributed by atoms with E-state index in [1.165, 1.54) is 0 Å². The van der Waals surface area contributed by atoms with E-state index in [1.54, 1.807) is 0 Å². The first kappa shape index (κ1) is 38.6. The molecule has 0 aliphatic heterocycles. The highest BCUT2D eigenvalue weighted by Crippen LogP contribution is 2.40. The third kappa shape index (κ3) is 7.88. The van der Waals surface area contributed by atoms with Gasteiger partial charge in [0.05, 0.1) is 16.4 Å². The van der Waals surface area contributed by atoms with E-state index in [4.69, 9.17) is 16.3 Å². The van der Waals surface area contributed by atoms with Crippen LogP contribution in [0.2, 0.25) is 5.02 Å². The molecular weight excluding hydrogens is 655 g/mol. The van der Waals surface area contributed by atoms with Gasteiger partial charge < -0.3 is 20.5 Å². The molecule has 0 aliphatic rings. The molecule has 3 rings (SSSR count). The highest BCUT2D eigenvalue weighted by atomic mass is 35.5. The van der Waals surface area contributed by atoms with Crippen LogP contribution < -0.4 is 15.4 Å². The summed E-state index contributed by atoms with van der Waals surface area (Å²) in [7, 11) is 0. The van der Waals surface area contributed by atoms with E-state index >= 15 is 0 Å². The second kappa shape index (κ2) is 15.1. The summed E-state index contributed by atoms with van der Waals surface area (Å²) in [4.78, 5) is 26.4. The Morgan fingerprint density at radius 2 is 1.33 bits per heavy atom. The Hall–Kier alpha value is -3.86. The Balaban J connectivity index is 1.96. The summed E-state index contributed by atoms with van der Waals surface area (Å²) in [5.74, 6) is -14.4. The van der Waals surface area contributed by atoms with Gasteiger partial charge in [-0.05, 0) is 54.2 Å². The van der Waals surface area contributed by atoms with Crippen molar-refractivity contribution in [3.8, 4) is 11.5 Å². The van der Waals surface area contributed by atoms with Crippen molar-refractivity contribution in [1.29, 1.82) is 0 Å². The second-order valence-corrected chi connectivity index (χ2v) is 13.4. The number of carbonyl (C=O) groups excluding carboxylic acids is 2. The topological polar surface area (TPSA) is 87.7 Å². The van der Waals surface area contributed by atoms with Crippen molar-refractivity contribution in [1.82, 2.24) is 0 Å². The van der Waals surface area contributed by atoms with Crippen molar-refractivity contribution < 1.29 is 41.4 Å². The average Bonchev–Trinajstić information content (AvgIpc) is 3.05. The lowest BCUT2D eigenvalue weighted by Crippen LogP contribution is -2.39. The molecule has 0 aromatic heterocycles. The fourth-order valence-corrected chi connectivity index (χ4v) is 5.36. The van der Waals surface area contributed by atoms with Gasteiger partial charge in [-0.25, -0.2) is 22.0 Å². The number of aromatic hydroxyl groups is 1. The number of phenolic OH excluding ortho intramolecular Hbond substituents is 1. The number of hydrogen-bond donors (Lipinski definition) is 3. The first-order valence-corrected chi connectivity index (χ1v) is 16.2. The Bertz CT molecular complexity index is 1660. The molecule has 3 aromatic carbocycles. The number of phenols is 1. The Morgan fingerprint density at radius 1 is 0.792 bits per heavy atom. The van der Waals surface area contributed by atoms with Crippen molar-refractivity contribution in [2.45, 2.75) is 98.0 Å². The second-order valence-electron chi connectivity index (χ2n) is 13.0. The molecule has 0 radical (unpaired) electrons. The van der Waals surface area contributed by atoms with E-state index in [1.807, 2.05) is 31.3 Å². The highest BCUT2D eigenvalue weighted by molar-refractivity contribution is 6.34. The number of benzene rings is 3. The van der Waals surface area contributed by atoms with E-state index in [2.05, 4.69) is 52.9 Å². The van der Waals surface area contributed by atoms with Gasteiger partial charge in [-0.3, -0.25) is 9.59 Å². The predicted molar refractivity (Wildman–Crippen MR) is 177 cm³/mol. The van der Waals surface area contributed by atoms with E-state index in [0.717, 1.165) is 36.1 Å². The van der Waals surface area contributed by atoms with Crippen molar-refractivity contribution in [3.05, 3.63) is 81.1 Å². The van der Waals surface area contributed by atoms with Crippen LogP contribution in [0.5, 0.6) is 11.5 Å². The number of hydrogen-bond acceptors (Lipinski definition) is 4. The molecule has 6 nitrogen and oxygen atoms in total. The van der Waals surface area contributed by atoms with E-state index in [0.29, 0.717) is 18.6 Å². The Kier molecular flexibility index (Phi) is 12.2. The van der Waals surface area contributed by atoms with Crippen LogP contribution in [0.1, 0.15) is 103 Å². The van der Waals surface area contributed by atoms with Gasteiger partial charge in [0.1, 0.15) is 17.1 Å². The monoisotopic (exact) mass is 696 g/mol. The summed E-state index contributed by atoms with van der Waals surface area (Å²) in [5, 5.41) is 14.9. The molecule has 3 aromatic rings. The molecule has 0 spiro atoms. The number of amides is 2. The van der Waals surface area contributed by atoms with Gasteiger partial charge in [0.2, 0.25) is 5.82 Å². The van der Waals surface area contributed by atoms with Crippen LogP contribution in [0.15, 0.2) is 30.3 Å². The maximum Gasteiger partial charge on any atom is 0.265 e. The van der Waals surface area contributed by atoms with E-state index in [9.17, 15) is 36.6 Å². The normalized spacial score (nSPS) is 12.6. The van der Waals surface area contributed by atoms with Crippen molar-refractivity contribution in [2.75, 3.05) is 10.6 Å². The van der Waals surface area contributed by atoms with Gasteiger partial charge in [-0.1, -0.05) is 79.1 Å². The molecule has 2 amide bonds. The van der Waals surface area contributed by atoms with Gasteiger partial charge >= 0.3 is 0 Å². The van der Waals surface area contributed by atoms with Crippen LogP contribution in [-0.2, 0) is 15.6 Å². The summed E-state index contributed by atoms with van der Waals surface area (Å²) < 4.78 is 75.6. The number of carbonyl (C=O) groups is 2. The van der Waals surface area contributed by atoms with Gasteiger partial charge in [-0.2, -0.15) is 0 Å². The highest BCUT2D eigenvalue weighted by Gasteiger charge is 2.34. The number of anilines is 2. The number of ether oxygens (including phenoxy) is 1. The fraction of sp³-hybridized carbons (Fsp3) is 0.444. The summed E-state index contributed by atoms with van der Waals surface area (Å²) >= 11 is 6.36. The zero-order chi connectivity index (χ0) is 36.3. The molecule has 3 N–H and O–H groups in total. The van der Waals surface area contributed by atoms with Crippen molar-refractivity contribution in [3.63, 3.8) is 0 Å². The van der Waals surface area contributed by atoms with Crippen LogP contribution in [-0.4, -0.2) is 23.0 Å². The van der Waals surface area contributed by atoms with Crippen molar-refractivity contribution in [2.24, 2.45) is 5.92 Å². The van der Waals surface area contributed by atoms with E-state index in [-0.39, 0.29) is 27.5 Å². The predicted octanol–water partition coefficient (Wildman–Crippen LogP) is 10.2. The lowest BCUT2D eigenvalue weighted by molar-refractivity contribution is -0.125. The minimum atomic E-state index is -2.43. The SMILES string of the molecule is CCC(CC)C(Oc1ccc(C(C)(C)CC)cc1C(C)(C)CC)C(=O)Nc1cc(O)c(NC(=O)c2c(F)c(F)c(F)c(F)c2F)cc1Cl. The minimum Gasteiger partial charge on any atom is -0.506 e. The van der Waals surface area contributed by atoms with Gasteiger partial charge in [0, 0.05) is 17.5 Å². The molecule has 262 valence electrons. The Morgan fingerprint density at radius 3 is 1.85 bits per heavy atom. The summed E-state index contributed by atoms with van der Waals surface area (Å²) in [6, 6.07) is 7.97. The fourth-order valence-electron chi connectivity index (χ4n) is 5.15. The number of nitrogens with one attached hydrogen (secondary N) is 2.